The molecular formula is C23H32. The molecular weight excluding hydrogens is 276 g/mol. The van der Waals surface area contributed by atoms with Gasteiger partial charge in [0.15, 0.2) is 0 Å². The molecule has 0 aliphatic heterocycles. The third-order valence-corrected chi connectivity index (χ3v) is 5.81. The van der Waals surface area contributed by atoms with Gasteiger partial charge >= 0.3 is 0 Å². The van der Waals surface area contributed by atoms with Gasteiger partial charge in [-0.1, -0.05) is 101 Å². The van der Waals surface area contributed by atoms with E-state index in [1.54, 1.807) is 5.56 Å². The molecule has 1 atom stereocenters. The molecule has 3 rings (SSSR count). The highest BCUT2D eigenvalue weighted by atomic mass is 14.3. The summed E-state index contributed by atoms with van der Waals surface area (Å²) in [5, 5.41) is 2.78. The van der Waals surface area contributed by atoms with Crippen molar-refractivity contribution >= 4 is 10.8 Å². The standard InChI is InChI=1S/C23H32/c1-2-3-4-5-13-22(20-10-6-7-11-20)17-19-15-16-21-12-8-9-14-23(21)18-19/h8-9,12,14-16,18,20,22H,2-7,10-11,13,17H2,1H3. The topological polar surface area (TPSA) is 0 Å². The molecule has 0 radical (unpaired) electrons. The summed E-state index contributed by atoms with van der Waals surface area (Å²) in [7, 11) is 0. The molecule has 0 nitrogen and oxygen atoms in total. The van der Waals surface area contributed by atoms with Crippen LogP contribution in [0.2, 0.25) is 0 Å². The van der Waals surface area contributed by atoms with Gasteiger partial charge in [0.2, 0.25) is 0 Å². The lowest BCUT2D eigenvalue weighted by molar-refractivity contribution is 0.306. The lowest BCUT2D eigenvalue weighted by atomic mass is 9.81. The van der Waals surface area contributed by atoms with Gasteiger partial charge in [-0.05, 0) is 41.0 Å². The van der Waals surface area contributed by atoms with Crippen LogP contribution in [0.5, 0.6) is 0 Å². The predicted octanol–water partition coefficient (Wildman–Crippen LogP) is 7.16. The van der Waals surface area contributed by atoms with Gasteiger partial charge in [0.25, 0.3) is 0 Å². The number of unbranched alkanes of at least 4 members (excludes halogenated alkanes) is 3. The van der Waals surface area contributed by atoms with Crippen LogP contribution in [-0.2, 0) is 6.42 Å². The zero-order valence-corrected chi connectivity index (χ0v) is 14.8. The van der Waals surface area contributed by atoms with Crippen LogP contribution in [0.3, 0.4) is 0 Å². The first kappa shape index (κ1) is 16.6. The van der Waals surface area contributed by atoms with Crippen LogP contribution >= 0.6 is 0 Å². The average Bonchev–Trinajstić information content (AvgIpc) is 3.12. The second kappa shape index (κ2) is 8.52. The zero-order valence-electron chi connectivity index (χ0n) is 14.8. The van der Waals surface area contributed by atoms with Crippen LogP contribution in [0, 0.1) is 11.8 Å². The highest BCUT2D eigenvalue weighted by Gasteiger charge is 2.24. The highest BCUT2D eigenvalue weighted by molar-refractivity contribution is 5.82. The summed E-state index contributed by atoms with van der Waals surface area (Å²) in [6.45, 7) is 2.31. The average molecular weight is 309 g/mol. The largest absolute Gasteiger partial charge is 0.0654 e. The summed E-state index contributed by atoms with van der Waals surface area (Å²) in [5.41, 5.74) is 1.55. The van der Waals surface area contributed by atoms with Gasteiger partial charge in [0.1, 0.15) is 0 Å². The van der Waals surface area contributed by atoms with Crippen molar-refractivity contribution in [1.82, 2.24) is 0 Å². The lowest BCUT2D eigenvalue weighted by Crippen LogP contribution is -2.15. The molecule has 0 heteroatoms. The van der Waals surface area contributed by atoms with Crippen LogP contribution < -0.4 is 0 Å². The maximum Gasteiger partial charge on any atom is -0.0181 e. The number of fused-ring (bicyclic) bond motifs is 1. The first-order chi connectivity index (χ1) is 11.4. The fraction of sp³-hybridized carbons (Fsp3) is 0.565. The second-order valence-electron chi connectivity index (χ2n) is 7.54. The molecule has 0 aromatic heterocycles. The Kier molecular flexibility index (Phi) is 6.13. The van der Waals surface area contributed by atoms with Gasteiger partial charge in [0.05, 0.1) is 0 Å². The summed E-state index contributed by atoms with van der Waals surface area (Å²) in [5.74, 6) is 1.90. The van der Waals surface area contributed by atoms with Crippen LogP contribution in [-0.4, -0.2) is 0 Å². The van der Waals surface area contributed by atoms with Crippen LogP contribution in [0.1, 0.15) is 70.3 Å². The Morgan fingerprint density at radius 3 is 2.48 bits per heavy atom. The molecule has 2 aromatic rings. The summed E-state index contributed by atoms with van der Waals surface area (Å²) >= 11 is 0. The van der Waals surface area contributed by atoms with E-state index in [1.807, 2.05) is 0 Å². The smallest absolute Gasteiger partial charge is 0.0181 e. The molecule has 2 aromatic carbocycles. The minimum absolute atomic E-state index is 0.913. The van der Waals surface area contributed by atoms with Crippen molar-refractivity contribution in [2.24, 2.45) is 11.8 Å². The maximum atomic E-state index is 2.43. The van der Waals surface area contributed by atoms with Gasteiger partial charge in [-0.3, -0.25) is 0 Å². The Labute approximate surface area is 142 Å². The molecule has 0 N–H and O–H groups in total. The minimum Gasteiger partial charge on any atom is -0.0654 e. The first-order valence-corrected chi connectivity index (χ1v) is 9.84. The first-order valence-electron chi connectivity index (χ1n) is 9.84. The molecule has 1 saturated carbocycles. The molecule has 0 amide bonds. The van der Waals surface area contributed by atoms with Crippen molar-refractivity contribution < 1.29 is 0 Å². The molecule has 0 bridgehead atoms. The summed E-state index contributed by atoms with van der Waals surface area (Å²) in [6.07, 6.45) is 14.2. The Balaban J connectivity index is 1.67. The Morgan fingerprint density at radius 1 is 0.913 bits per heavy atom. The van der Waals surface area contributed by atoms with Gasteiger partial charge in [-0.2, -0.15) is 0 Å². The number of hydrogen-bond acceptors (Lipinski definition) is 0. The zero-order chi connectivity index (χ0) is 15.9. The fourth-order valence-corrected chi connectivity index (χ4v) is 4.44. The molecule has 1 aliphatic carbocycles. The predicted molar refractivity (Wildman–Crippen MR) is 102 cm³/mol. The van der Waals surface area contributed by atoms with E-state index in [-0.39, 0.29) is 0 Å². The normalized spacial score (nSPS) is 16.9. The van der Waals surface area contributed by atoms with E-state index in [4.69, 9.17) is 0 Å². The quantitative estimate of drug-likeness (QED) is 0.454. The Hall–Kier alpha value is -1.30. The molecule has 1 unspecified atom stereocenters. The fourth-order valence-electron chi connectivity index (χ4n) is 4.44. The summed E-state index contributed by atoms with van der Waals surface area (Å²) in [6, 6.07) is 15.9. The van der Waals surface area contributed by atoms with Crippen molar-refractivity contribution in [3.8, 4) is 0 Å². The van der Waals surface area contributed by atoms with Gasteiger partial charge in [-0.25, -0.2) is 0 Å². The monoisotopic (exact) mass is 308 g/mol. The van der Waals surface area contributed by atoms with E-state index in [2.05, 4.69) is 49.4 Å². The number of benzene rings is 2. The summed E-state index contributed by atoms with van der Waals surface area (Å²) in [4.78, 5) is 0. The van der Waals surface area contributed by atoms with Crippen LogP contribution in [0.15, 0.2) is 42.5 Å². The minimum atomic E-state index is 0.913. The molecule has 0 saturated heterocycles. The molecule has 124 valence electrons. The van der Waals surface area contributed by atoms with E-state index in [9.17, 15) is 0 Å². The van der Waals surface area contributed by atoms with Gasteiger partial charge in [0, 0.05) is 0 Å². The second-order valence-corrected chi connectivity index (χ2v) is 7.54. The van der Waals surface area contributed by atoms with Crippen molar-refractivity contribution in [2.75, 3.05) is 0 Å². The van der Waals surface area contributed by atoms with Crippen molar-refractivity contribution in [3.63, 3.8) is 0 Å². The molecule has 1 aliphatic rings. The van der Waals surface area contributed by atoms with Crippen LogP contribution in [0.25, 0.3) is 10.8 Å². The Bertz CT molecular complexity index is 592. The van der Waals surface area contributed by atoms with Gasteiger partial charge < -0.3 is 0 Å². The molecule has 23 heavy (non-hydrogen) atoms. The molecule has 0 spiro atoms. The van der Waals surface area contributed by atoms with E-state index in [1.165, 1.54) is 75.0 Å². The highest BCUT2D eigenvalue weighted by Crippen LogP contribution is 2.36. The number of rotatable bonds is 8. The van der Waals surface area contributed by atoms with Crippen molar-refractivity contribution in [2.45, 2.75) is 71.1 Å². The van der Waals surface area contributed by atoms with Crippen molar-refractivity contribution in [1.29, 1.82) is 0 Å². The number of hydrogen-bond donors (Lipinski definition) is 0. The lowest BCUT2D eigenvalue weighted by Gasteiger charge is -2.24. The van der Waals surface area contributed by atoms with Gasteiger partial charge in [-0.15, -0.1) is 0 Å². The van der Waals surface area contributed by atoms with E-state index < -0.39 is 0 Å². The molecule has 1 fully saturated rings. The van der Waals surface area contributed by atoms with E-state index in [0.29, 0.717) is 0 Å². The molecule has 0 heterocycles. The maximum absolute atomic E-state index is 2.43. The SMILES string of the molecule is CCCCCCC(Cc1ccc2ccccc2c1)C1CCCC1. The summed E-state index contributed by atoms with van der Waals surface area (Å²) < 4.78 is 0. The van der Waals surface area contributed by atoms with E-state index >= 15 is 0 Å². The van der Waals surface area contributed by atoms with Crippen molar-refractivity contribution in [3.05, 3.63) is 48.0 Å². The third kappa shape index (κ3) is 4.59. The third-order valence-electron chi connectivity index (χ3n) is 5.81. The van der Waals surface area contributed by atoms with Crippen LogP contribution in [0.4, 0.5) is 0 Å². The Morgan fingerprint density at radius 2 is 1.70 bits per heavy atom. The van der Waals surface area contributed by atoms with E-state index in [0.717, 1.165) is 11.8 Å².